The fourth-order valence-electron chi connectivity index (χ4n) is 2.24. The van der Waals surface area contributed by atoms with Crippen LogP contribution < -0.4 is 11.3 Å². The highest BCUT2D eigenvalue weighted by Gasteiger charge is 2.23. The molecule has 1 aromatic heterocycles. The van der Waals surface area contributed by atoms with Gasteiger partial charge in [0.1, 0.15) is 0 Å². The lowest BCUT2D eigenvalue weighted by Gasteiger charge is -2.24. The van der Waals surface area contributed by atoms with Gasteiger partial charge in [-0.3, -0.25) is 4.79 Å². The molecule has 0 aliphatic heterocycles. The SMILES string of the molecule is CCn1c(=O)c(C(C)(C)CN)cc2ccccc21. The lowest BCUT2D eigenvalue weighted by molar-refractivity contribution is 0.526. The molecule has 0 radical (unpaired) electrons. The Morgan fingerprint density at radius 2 is 1.94 bits per heavy atom. The first-order chi connectivity index (χ1) is 8.51. The van der Waals surface area contributed by atoms with E-state index in [-0.39, 0.29) is 11.0 Å². The van der Waals surface area contributed by atoms with E-state index in [1.54, 1.807) is 0 Å². The van der Waals surface area contributed by atoms with Crippen LogP contribution in [0.2, 0.25) is 0 Å². The Labute approximate surface area is 107 Å². The molecule has 0 unspecified atom stereocenters. The number of aryl methyl sites for hydroxylation is 1. The van der Waals surface area contributed by atoms with Crippen molar-refractivity contribution in [2.24, 2.45) is 5.73 Å². The van der Waals surface area contributed by atoms with Gasteiger partial charge in [0.15, 0.2) is 0 Å². The van der Waals surface area contributed by atoms with E-state index in [1.165, 1.54) is 0 Å². The first-order valence-electron chi connectivity index (χ1n) is 6.34. The van der Waals surface area contributed by atoms with E-state index in [4.69, 9.17) is 5.73 Å². The minimum absolute atomic E-state index is 0.0756. The molecule has 0 saturated carbocycles. The zero-order chi connectivity index (χ0) is 13.3. The molecule has 1 heterocycles. The van der Waals surface area contributed by atoms with Crippen LogP contribution >= 0.6 is 0 Å². The largest absolute Gasteiger partial charge is 0.330 e. The van der Waals surface area contributed by atoms with Gasteiger partial charge in [0.2, 0.25) is 0 Å². The Kier molecular flexibility index (Phi) is 3.26. The summed E-state index contributed by atoms with van der Waals surface area (Å²) < 4.78 is 1.82. The molecular formula is C15H20N2O. The van der Waals surface area contributed by atoms with Crippen LogP contribution in [0.5, 0.6) is 0 Å². The molecule has 0 atom stereocenters. The zero-order valence-corrected chi connectivity index (χ0v) is 11.2. The number of rotatable bonds is 3. The fourth-order valence-corrected chi connectivity index (χ4v) is 2.24. The molecule has 0 bridgehead atoms. The molecule has 0 aliphatic rings. The van der Waals surface area contributed by atoms with Crippen molar-refractivity contribution in [3.8, 4) is 0 Å². The van der Waals surface area contributed by atoms with Gasteiger partial charge in [-0.2, -0.15) is 0 Å². The zero-order valence-electron chi connectivity index (χ0n) is 11.2. The van der Waals surface area contributed by atoms with Gasteiger partial charge >= 0.3 is 0 Å². The van der Waals surface area contributed by atoms with Crippen LogP contribution in [0.4, 0.5) is 0 Å². The van der Waals surface area contributed by atoms with Crippen molar-refractivity contribution in [1.82, 2.24) is 4.57 Å². The summed E-state index contributed by atoms with van der Waals surface area (Å²) in [6, 6.07) is 9.96. The normalized spacial score (nSPS) is 12.0. The third-order valence-corrected chi connectivity index (χ3v) is 3.56. The summed E-state index contributed by atoms with van der Waals surface area (Å²) in [6.07, 6.45) is 0. The van der Waals surface area contributed by atoms with Gasteiger partial charge in [0.25, 0.3) is 5.56 Å². The third kappa shape index (κ3) is 1.95. The van der Waals surface area contributed by atoms with E-state index in [1.807, 2.05) is 55.7 Å². The van der Waals surface area contributed by atoms with E-state index >= 15 is 0 Å². The van der Waals surface area contributed by atoms with Crippen molar-refractivity contribution in [1.29, 1.82) is 0 Å². The van der Waals surface area contributed by atoms with Gasteiger partial charge in [-0.1, -0.05) is 32.0 Å². The number of pyridine rings is 1. The Morgan fingerprint density at radius 3 is 2.56 bits per heavy atom. The van der Waals surface area contributed by atoms with E-state index < -0.39 is 0 Å². The van der Waals surface area contributed by atoms with Crippen molar-refractivity contribution >= 4 is 10.9 Å². The van der Waals surface area contributed by atoms with Crippen LogP contribution in [0.3, 0.4) is 0 Å². The van der Waals surface area contributed by atoms with Crippen LogP contribution in [-0.4, -0.2) is 11.1 Å². The van der Waals surface area contributed by atoms with E-state index in [2.05, 4.69) is 0 Å². The standard InChI is InChI=1S/C15H20N2O/c1-4-17-13-8-6-5-7-11(13)9-12(14(17)18)15(2,3)10-16/h5-9H,4,10,16H2,1-3H3. The molecular weight excluding hydrogens is 224 g/mol. The number of aromatic nitrogens is 1. The van der Waals surface area contributed by atoms with Crippen molar-refractivity contribution in [2.75, 3.05) is 6.54 Å². The van der Waals surface area contributed by atoms with Gasteiger partial charge in [0, 0.05) is 24.1 Å². The van der Waals surface area contributed by atoms with Crippen LogP contribution in [0.15, 0.2) is 35.1 Å². The highest BCUT2D eigenvalue weighted by Crippen LogP contribution is 2.22. The summed E-state index contributed by atoms with van der Waals surface area (Å²) in [4.78, 5) is 12.5. The summed E-state index contributed by atoms with van der Waals surface area (Å²) in [6.45, 7) is 7.15. The van der Waals surface area contributed by atoms with Crippen molar-refractivity contribution in [3.63, 3.8) is 0 Å². The number of hydrogen-bond acceptors (Lipinski definition) is 2. The molecule has 2 rings (SSSR count). The van der Waals surface area contributed by atoms with E-state index in [0.717, 1.165) is 16.5 Å². The molecule has 0 amide bonds. The number of para-hydroxylation sites is 1. The Morgan fingerprint density at radius 1 is 1.28 bits per heavy atom. The fraction of sp³-hybridized carbons (Fsp3) is 0.400. The van der Waals surface area contributed by atoms with Crippen LogP contribution in [0, 0.1) is 0 Å². The Bertz CT molecular complexity index is 626. The Hall–Kier alpha value is -1.61. The molecule has 0 saturated heterocycles. The average molecular weight is 244 g/mol. The monoisotopic (exact) mass is 244 g/mol. The second-order valence-corrected chi connectivity index (χ2v) is 5.25. The first kappa shape index (κ1) is 12.8. The van der Waals surface area contributed by atoms with Crippen LogP contribution in [0.1, 0.15) is 26.3 Å². The second kappa shape index (κ2) is 4.58. The first-order valence-corrected chi connectivity index (χ1v) is 6.34. The van der Waals surface area contributed by atoms with Crippen LogP contribution in [0.25, 0.3) is 10.9 Å². The smallest absolute Gasteiger partial charge is 0.254 e. The maximum atomic E-state index is 12.5. The highest BCUT2D eigenvalue weighted by molar-refractivity contribution is 5.79. The highest BCUT2D eigenvalue weighted by atomic mass is 16.1. The third-order valence-electron chi connectivity index (χ3n) is 3.56. The summed E-state index contributed by atoms with van der Waals surface area (Å²) in [5.41, 5.74) is 7.36. The number of fused-ring (bicyclic) bond motifs is 1. The lowest BCUT2D eigenvalue weighted by Crippen LogP contribution is -2.37. The van der Waals surface area contributed by atoms with Crippen LogP contribution in [-0.2, 0) is 12.0 Å². The summed E-state index contributed by atoms with van der Waals surface area (Å²) in [5, 5.41) is 1.09. The molecule has 1 aromatic carbocycles. The Balaban J connectivity index is 2.86. The molecule has 96 valence electrons. The topological polar surface area (TPSA) is 48.0 Å². The van der Waals surface area contributed by atoms with Gasteiger partial charge < -0.3 is 10.3 Å². The molecule has 3 heteroatoms. The molecule has 18 heavy (non-hydrogen) atoms. The molecule has 2 N–H and O–H groups in total. The van der Waals surface area contributed by atoms with Crippen molar-refractivity contribution < 1.29 is 0 Å². The molecule has 0 spiro atoms. The predicted octanol–water partition coefficient (Wildman–Crippen LogP) is 2.26. The second-order valence-electron chi connectivity index (χ2n) is 5.25. The maximum absolute atomic E-state index is 12.5. The van der Waals surface area contributed by atoms with E-state index in [0.29, 0.717) is 13.1 Å². The minimum Gasteiger partial charge on any atom is -0.330 e. The van der Waals surface area contributed by atoms with Gasteiger partial charge in [-0.05, 0) is 24.4 Å². The molecule has 0 fully saturated rings. The summed E-state index contributed by atoms with van der Waals surface area (Å²) in [7, 11) is 0. The lowest BCUT2D eigenvalue weighted by atomic mass is 9.85. The van der Waals surface area contributed by atoms with Crippen molar-refractivity contribution in [2.45, 2.75) is 32.7 Å². The van der Waals surface area contributed by atoms with Gasteiger partial charge in [-0.25, -0.2) is 0 Å². The molecule has 0 aliphatic carbocycles. The minimum atomic E-state index is -0.294. The molecule has 3 nitrogen and oxygen atoms in total. The number of hydrogen-bond donors (Lipinski definition) is 1. The van der Waals surface area contributed by atoms with Gasteiger partial charge in [-0.15, -0.1) is 0 Å². The number of nitrogens with two attached hydrogens (primary N) is 1. The summed E-state index contributed by atoms with van der Waals surface area (Å²) >= 11 is 0. The van der Waals surface area contributed by atoms with Gasteiger partial charge in [0.05, 0.1) is 5.52 Å². The maximum Gasteiger partial charge on any atom is 0.254 e. The predicted molar refractivity (Wildman–Crippen MR) is 76.0 cm³/mol. The average Bonchev–Trinajstić information content (AvgIpc) is 2.38. The van der Waals surface area contributed by atoms with Crippen molar-refractivity contribution in [3.05, 3.63) is 46.2 Å². The quantitative estimate of drug-likeness (QED) is 0.900. The van der Waals surface area contributed by atoms with E-state index in [9.17, 15) is 4.79 Å². The number of benzene rings is 1. The summed E-state index contributed by atoms with van der Waals surface area (Å²) in [5.74, 6) is 0. The number of nitrogens with zero attached hydrogens (tertiary/aromatic N) is 1. The molecule has 2 aromatic rings.